The number of aliphatic hydroxyl groups is 1. The number of nitrogens with zero attached hydrogens (tertiary/aromatic N) is 1. The number of hydrogen-bond acceptors (Lipinski definition) is 2. The van der Waals surface area contributed by atoms with Crippen LogP contribution >= 0.6 is 0 Å². The van der Waals surface area contributed by atoms with E-state index in [1.165, 1.54) is 55.2 Å². The molecule has 0 bridgehead atoms. The van der Waals surface area contributed by atoms with Crippen molar-refractivity contribution in [3.63, 3.8) is 0 Å². The first-order chi connectivity index (χ1) is 12.9. The lowest BCUT2D eigenvalue weighted by Gasteiger charge is -2.58. The van der Waals surface area contributed by atoms with Crippen molar-refractivity contribution < 1.29 is 5.11 Å². The third-order valence-corrected chi connectivity index (χ3v) is 8.91. The molecular formula is C25H33NO. The highest BCUT2D eigenvalue weighted by Crippen LogP contribution is 2.67. The van der Waals surface area contributed by atoms with Gasteiger partial charge in [0.15, 0.2) is 0 Å². The Kier molecular flexibility index (Phi) is 3.95. The van der Waals surface area contributed by atoms with E-state index in [1.54, 1.807) is 5.57 Å². The summed E-state index contributed by atoms with van der Waals surface area (Å²) in [5.41, 5.74) is 6.41. The molecule has 0 aliphatic heterocycles. The fourth-order valence-electron chi connectivity index (χ4n) is 7.70. The van der Waals surface area contributed by atoms with Crippen LogP contribution in [0.5, 0.6) is 0 Å². The monoisotopic (exact) mass is 363 g/mol. The number of hydrogen-bond donors (Lipinski definition) is 1. The topological polar surface area (TPSA) is 33.1 Å². The molecule has 144 valence electrons. The van der Waals surface area contributed by atoms with Crippen LogP contribution in [0.2, 0.25) is 0 Å². The molecule has 0 amide bonds. The van der Waals surface area contributed by atoms with Crippen LogP contribution in [0, 0.1) is 28.6 Å². The maximum atomic E-state index is 11.3. The Morgan fingerprint density at radius 2 is 1.96 bits per heavy atom. The van der Waals surface area contributed by atoms with Crippen molar-refractivity contribution in [1.82, 2.24) is 4.98 Å². The van der Waals surface area contributed by atoms with Gasteiger partial charge in [-0.3, -0.25) is 4.98 Å². The lowest BCUT2D eigenvalue weighted by molar-refractivity contribution is -0.0662. The third kappa shape index (κ3) is 2.38. The van der Waals surface area contributed by atoms with E-state index in [0.29, 0.717) is 23.2 Å². The van der Waals surface area contributed by atoms with E-state index in [9.17, 15) is 5.11 Å². The van der Waals surface area contributed by atoms with E-state index < -0.39 is 0 Å². The van der Waals surface area contributed by atoms with E-state index >= 15 is 0 Å². The zero-order valence-corrected chi connectivity index (χ0v) is 17.0. The summed E-state index contributed by atoms with van der Waals surface area (Å²) in [6.07, 6.45) is 14.7. The summed E-state index contributed by atoms with van der Waals surface area (Å²) < 4.78 is 0. The second-order valence-corrected chi connectivity index (χ2v) is 10.2. The largest absolute Gasteiger partial charge is 0.389 e. The van der Waals surface area contributed by atoms with Crippen molar-refractivity contribution in [2.45, 2.75) is 71.8 Å². The summed E-state index contributed by atoms with van der Waals surface area (Å²) in [5.74, 6) is 1.60. The average Bonchev–Trinajstić information content (AvgIpc) is 2.93. The summed E-state index contributed by atoms with van der Waals surface area (Å²) in [4.78, 5) is 4.40. The molecule has 0 unspecified atom stereocenters. The van der Waals surface area contributed by atoms with Gasteiger partial charge in [0.25, 0.3) is 0 Å². The first-order valence-corrected chi connectivity index (χ1v) is 10.9. The summed E-state index contributed by atoms with van der Waals surface area (Å²) in [6.45, 7) is 7.31. The molecule has 1 aromatic rings. The maximum Gasteiger partial charge on any atom is 0.0757 e. The lowest BCUT2D eigenvalue weighted by atomic mass is 9.47. The van der Waals surface area contributed by atoms with Gasteiger partial charge in [0.1, 0.15) is 0 Å². The van der Waals surface area contributed by atoms with E-state index in [-0.39, 0.29) is 11.5 Å². The molecule has 2 nitrogen and oxygen atoms in total. The molecule has 0 radical (unpaired) electrons. The highest BCUT2D eigenvalue weighted by molar-refractivity contribution is 5.75. The number of aliphatic hydroxyl groups excluding tert-OH is 1. The first kappa shape index (κ1) is 17.7. The Morgan fingerprint density at radius 3 is 2.74 bits per heavy atom. The Labute approximate surface area is 163 Å². The van der Waals surface area contributed by atoms with Crippen molar-refractivity contribution >= 4 is 5.57 Å². The van der Waals surface area contributed by atoms with Crippen LogP contribution in [0.15, 0.2) is 41.7 Å². The second-order valence-electron chi connectivity index (χ2n) is 10.2. The van der Waals surface area contributed by atoms with E-state index in [2.05, 4.69) is 44.0 Å². The molecule has 2 heteroatoms. The fourth-order valence-corrected chi connectivity index (χ4v) is 7.70. The molecule has 0 spiro atoms. The van der Waals surface area contributed by atoms with Gasteiger partial charge in [-0.2, -0.15) is 0 Å². The Morgan fingerprint density at radius 1 is 1.11 bits per heavy atom. The summed E-state index contributed by atoms with van der Waals surface area (Å²) in [5, 5.41) is 11.3. The summed E-state index contributed by atoms with van der Waals surface area (Å²) >= 11 is 0. The predicted molar refractivity (Wildman–Crippen MR) is 110 cm³/mol. The van der Waals surface area contributed by atoms with Crippen LogP contribution in [-0.4, -0.2) is 16.2 Å². The molecule has 0 saturated heterocycles. The molecular weight excluding hydrogens is 330 g/mol. The highest BCUT2D eigenvalue weighted by Gasteiger charge is 2.59. The number of allylic oxidation sites excluding steroid dienone is 3. The van der Waals surface area contributed by atoms with Gasteiger partial charge >= 0.3 is 0 Å². The summed E-state index contributed by atoms with van der Waals surface area (Å²) in [7, 11) is 0. The standard InChI is InChI=1S/C25H33NO/c1-16-13-20-22-19(24(2)10-5-4-8-18(24)14-21(22)27)9-11-25(20,3)23(16)17-7-6-12-26-15-17/h6-7,12,14-15,19-22,27H,4-5,8-11,13H2,1-3H3/t19-,20-,21-,22+,24-,25-/m0/s1. The minimum absolute atomic E-state index is 0.172. The number of rotatable bonds is 1. The van der Waals surface area contributed by atoms with Crippen molar-refractivity contribution in [1.29, 1.82) is 0 Å². The Balaban J connectivity index is 1.56. The van der Waals surface area contributed by atoms with Crippen molar-refractivity contribution in [2.24, 2.45) is 28.6 Å². The molecule has 4 aliphatic carbocycles. The van der Waals surface area contributed by atoms with Gasteiger partial charge < -0.3 is 5.11 Å². The number of aromatic nitrogens is 1. The average molecular weight is 364 g/mol. The van der Waals surface area contributed by atoms with Crippen LogP contribution in [0.3, 0.4) is 0 Å². The van der Waals surface area contributed by atoms with Crippen LogP contribution in [0.25, 0.3) is 5.57 Å². The van der Waals surface area contributed by atoms with Crippen molar-refractivity contribution in [3.8, 4) is 0 Å². The smallest absolute Gasteiger partial charge is 0.0757 e. The lowest BCUT2D eigenvalue weighted by Crippen LogP contribution is -2.53. The molecule has 27 heavy (non-hydrogen) atoms. The molecule has 5 rings (SSSR count). The van der Waals surface area contributed by atoms with Gasteiger partial charge in [0, 0.05) is 12.4 Å². The van der Waals surface area contributed by atoms with Crippen LogP contribution in [-0.2, 0) is 0 Å². The van der Waals surface area contributed by atoms with Gasteiger partial charge in [0.2, 0.25) is 0 Å². The molecule has 1 aromatic heterocycles. The highest BCUT2D eigenvalue weighted by atomic mass is 16.3. The number of pyridine rings is 1. The molecule has 6 atom stereocenters. The molecule has 2 saturated carbocycles. The van der Waals surface area contributed by atoms with Gasteiger partial charge in [-0.25, -0.2) is 0 Å². The quantitative estimate of drug-likeness (QED) is 0.641. The van der Waals surface area contributed by atoms with Crippen LogP contribution in [0.4, 0.5) is 0 Å². The van der Waals surface area contributed by atoms with E-state index in [1.807, 2.05) is 12.4 Å². The van der Waals surface area contributed by atoms with Gasteiger partial charge in [0.05, 0.1) is 6.10 Å². The second kappa shape index (κ2) is 6.04. The number of fused-ring (bicyclic) bond motifs is 5. The Hall–Kier alpha value is -1.41. The van der Waals surface area contributed by atoms with Crippen LogP contribution < -0.4 is 0 Å². The zero-order chi connectivity index (χ0) is 18.8. The molecule has 2 fully saturated rings. The van der Waals surface area contributed by atoms with Gasteiger partial charge in [-0.15, -0.1) is 0 Å². The molecule has 4 aliphatic rings. The van der Waals surface area contributed by atoms with Crippen molar-refractivity contribution in [2.75, 3.05) is 0 Å². The zero-order valence-electron chi connectivity index (χ0n) is 17.0. The van der Waals surface area contributed by atoms with Gasteiger partial charge in [-0.05, 0) is 91.2 Å². The fraction of sp³-hybridized carbons (Fsp3) is 0.640. The normalized spacial score (nSPS) is 43.6. The van der Waals surface area contributed by atoms with E-state index in [4.69, 9.17) is 0 Å². The minimum atomic E-state index is -0.262. The Bertz CT molecular complexity index is 809. The van der Waals surface area contributed by atoms with Crippen LogP contribution in [0.1, 0.15) is 71.3 Å². The van der Waals surface area contributed by atoms with Gasteiger partial charge in [-0.1, -0.05) is 43.6 Å². The molecule has 1 N–H and O–H groups in total. The first-order valence-electron chi connectivity index (χ1n) is 10.9. The SMILES string of the molecule is CC1=C(c2cccnc2)[C@@]2(C)CC[C@H]3[C@@H]([C@@H](O)C=C4CCCC[C@@]43C)[C@@H]2C1. The van der Waals surface area contributed by atoms with Crippen molar-refractivity contribution in [3.05, 3.63) is 47.3 Å². The molecule has 0 aromatic carbocycles. The van der Waals surface area contributed by atoms with E-state index in [0.717, 1.165) is 6.42 Å². The summed E-state index contributed by atoms with van der Waals surface area (Å²) in [6, 6.07) is 4.29. The minimum Gasteiger partial charge on any atom is -0.389 e. The third-order valence-electron chi connectivity index (χ3n) is 8.91. The maximum absolute atomic E-state index is 11.3. The molecule has 1 heterocycles. The predicted octanol–water partition coefficient (Wildman–Crippen LogP) is 5.79.